The molecule has 0 amide bonds. The maximum atomic E-state index is 12.2. The molecule has 0 fully saturated rings. The Balaban J connectivity index is 1.64. The van der Waals surface area contributed by atoms with Crippen LogP contribution in [0.3, 0.4) is 0 Å². The van der Waals surface area contributed by atoms with Gasteiger partial charge in [-0.15, -0.1) is 0 Å². The SMILES string of the molecule is CCCCCCCCCCCCCCCCCC(Nc1cc2ccccc2c(O)c1C(=O)O)c1cc(C(=O)O)cc(C(=O)O)c1. The van der Waals surface area contributed by atoms with Crippen molar-refractivity contribution in [3.8, 4) is 5.75 Å². The molecule has 0 saturated carbocycles. The summed E-state index contributed by atoms with van der Waals surface area (Å²) in [4.78, 5) is 35.9. The molecule has 0 aliphatic carbocycles. The van der Waals surface area contributed by atoms with Crippen LogP contribution in [0.2, 0.25) is 0 Å². The molecule has 0 aliphatic heterocycles. The van der Waals surface area contributed by atoms with Gasteiger partial charge in [-0.25, -0.2) is 14.4 Å². The van der Waals surface area contributed by atoms with Crippen molar-refractivity contribution >= 4 is 34.4 Å². The van der Waals surface area contributed by atoms with Gasteiger partial charge < -0.3 is 25.7 Å². The highest BCUT2D eigenvalue weighted by molar-refractivity contribution is 6.06. The van der Waals surface area contributed by atoms with Crippen LogP contribution in [0.5, 0.6) is 5.75 Å². The molecule has 3 aromatic rings. The first-order valence-corrected chi connectivity index (χ1v) is 16.6. The van der Waals surface area contributed by atoms with E-state index >= 15 is 0 Å². The van der Waals surface area contributed by atoms with Gasteiger partial charge in [-0.1, -0.05) is 128 Å². The average Bonchev–Trinajstić information content (AvgIpc) is 3.01. The molecule has 1 unspecified atom stereocenters. The van der Waals surface area contributed by atoms with Crippen LogP contribution in [0.4, 0.5) is 5.69 Å². The predicted octanol–water partition coefficient (Wildman–Crippen LogP) is 10.1. The Morgan fingerprint density at radius 2 is 1.13 bits per heavy atom. The Morgan fingerprint density at radius 1 is 0.644 bits per heavy atom. The summed E-state index contributed by atoms with van der Waals surface area (Å²) in [6.45, 7) is 2.24. The van der Waals surface area contributed by atoms with E-state index in [2.05, 4.69) is 12.2 Å². The maximum absolute atomic E-state index is 12.2. The lowest BCUT2D eigenvalue weighted by Gasteiger charge is -2.23. The molecule has 0 aliphatic rings. The van der Waals surface area contributed by atoms with Crippen LogP contribution in [0.15, 0.2) is 48.5 Å². The minimum Gasteiger partial charge on any atom is -0.506 e. The van der Waals surface area contributed by atoms with Crippen molar-refractivity contribution in [3.05, 3.63) is 70.8 Å². The van der Waals surface area contributed by atoms with Crippen molar-refractivity contribution < 1.29 is 34.8 Å². The van der Waals surface area contributed by atoms with Gasteiger partial charge >= 0.3 is 17.9 Å². The number of fused-ring (bicyclic) bond motifs is 1. The lowest BCUT2D eigenvalue weighted by molar-refractivity contribution is 0.0681. The van der Waals surface area contributed by atoms with Crippen molar-refractivity contribution in [1.29, 1.82) is 0 Å². The van der Waals surface area contributed by atoms with E-state index < -0.39 is 23.9 Å². The fraction of sp³-hybridized carbons (Fsp3) is 0.486. The number of nitrogens with one attached hydrogen (secondary N) is 1. The number of hydrogen-bond donors (Lipinski definition) is 5. The molecule has 0 heterocycles. The number of rotatable bonds is 22. The second-order valence-electron chi connectivity index (χ2n) is 12.1. The third-order valence-corrected chi connectivity index (χ3v) is 8.51. The average molecular weight is 620 g/mol. The zero-order valence-corrected chi connectivity index (χ0v) is 26.5. The number of benzene rings is 3. The van der Waals surface area contributed by atoms with Crippen LogP contribution in [0, 0.1) is 0 Å². The molecule has 3 aromatic carbocycles. The van der Waals surface area contributed by atoms with Gasteiger partial charge in [0, 0.05) is 5.39 Å². The molecule has 45 heavy (non-hydrogen) atoms. The molecule has 0 aromatic heterocycles. The van der Waals surface area contributed by atoms with E-state index in [1.54, 1.807) is 30.3 Å². The van der Waals surface area contributed by atoms with Gasteiger partial charge in [-0.3, -0.25) is 0 Å². The van der Waals surface area contributed by atoms with Crippen molar-refractivity contribution in [1.82, 2.24) is 0 Å². The van der Waals surface area contributed by atoms with Crippen molar-refractivity contribution in [2.45, 2.75) is 116 Å². The lowest BCUT2D eigenvalue weighted by atomic mass is 9.94. The number of phenols is 1. The summed E-state index contributed by atoms with van der Waals surface area (Å²) in [5.41, 5.74) is 0.00738. The highest BCUT2D eigenvalue weighted by Crippen LogP contribution is 2.37. The molecule has 0 saturated heterocycles. The first-order chi connectivity index (χ1) is 21.7. The topological polar surface area (TPSA) is 144 Å². The zero-order chi connectivity index (χ0) is 32.6. The second kappa shape index (κ2) is 18.7. The largest absolute Gasteiger partial charge is 0.506 e. The third-order valence-electron chi connectivity index (χ3n) is 8.51. The van der Waals surface area contributed by atoms with Crippen molar-refractivity contribution in [2.24, 2.45) is 0 Å². The quantitative estimate of drug-likeness (QED) is 0.0699. The summed E-state index contributed by atoms with van der Waals surface area (Å²) < 4.78 is 0. The van der Waals surface area contributed by atoms with Crippen LogP contribution in [0.1, 0.15) is 152 Å². The monoisotopic (exact) mass is 619 g/mol. The molecule has 244 valence electrons. The zero-order valence-electron chi connectivity index (χ0n) is 26.5. The molecular formula is C37H49NO7. The summed E-state index contributed by atoms with van der Waals surface area (Å²) in [7, 11) is 0. The Hall–Kier alpha value is -4.07. The van der Waals surface area contributed by atoms with Gasteiger partial charge in [-0.05, 0) is 41.6 Å². The number of hydrogen-bond acceptors (Lipinski definition) is 5. The van der Waals surface area contributed by atoms with E-state index in [-0.39, 0.29) is 28.1 Å². The van der Waals surface area contributed by atoms with E-state index in [0.717, 1.165) is 31.7 Å². The number of carbonyl (C=O) groups is 3. The first kappa shape index (κ1) is 35.4. The molecule has 8 nitrogen and oxygen atoms in total. The summed E-state index contributed by atoms with van der Waals surface area (Å²) in [5.74, 6) is -4.17. The normalized spacial score (nSPS) is 11.8. The van der Waals surface area contributed by atoms with E-state index in [4.69, 9.17) is 0 Å². The molecule has 0 radical (unpaired) electrons. The minimum atomic E-state index is -1.31. The van der Waals surface area contributed by atoms with E-state index in [9.17, 15) is 34.8 Å². The Labute approximate surface area is 266 Å². The van der Waals surface area contributed by atoms with E-state index in [1.165, 1.54) is 82.8 Å². The standard InChI is InChI=1S/C37H49NO7/c1-2-3-4-5-6-7-8-9-10-11-12-13-14-15-16-21-31(27-22-28(35(40)41)24-29(23-27)36(42)43)38-32-25-26-19-17-18-20-30(26)34(39)33(32)37(44)45/h17-20,22-25,31,38-39H,2-16,21H2,1H3,(H,40,41)(H,42,43)(H,44,45). The predicted molar refractivity (Wildman–Crippen MR) is 179 cm³/mol. The van der Waals surface area contributed by atoms with Crippen LogP contribution >= 0.6 is 0 Å². The Kier molecular flexibility index (Phi) is 14.7. The van der Waals surface area contributed by atoms with Gasteiger partial charge in [0.05, 0.1) is 22.9 Å². The molecule has 5 N–H and O–H groups in total. The van der Waals surface area contributed by atoms with Gasteiger partial charge in [0.25, 0.3) is 0 Å². The smallest absolute Gasteiger partial charge is 0.341 e. The molecule has 0 spiro atoms. The van der Waals surface area contributed by atoms with Crippen LogP contribution in [-0.2, 0) is 0 Å². The number of aromatic hydroxyl groups is 1. The Bertz CT molecular complexity index is 1390. The molecule has 1 atom stereocenters. The van der Waals surface area contributed by atoms with Crippen LogP contribution < -0.4 is 5.32 Å². The first-order valence-electron chi connectivity index (χ1n) is 16.6. The highest BCUT2D eigenvalue weighted by atomic mass is 16.4. The lowest BCUT2D eigenvalue weighted by Crippen LogP contribution is -2.16. The van der Waals surface area contributed by atoms with E-state index in [1.807, 2.05) is 0 Å². The molecule has 8 heteroatoms. The van der Waals surface area contributed by atoms with Gasteiger partial charge in [0.2, 0.25) is 0 Å². The molecule has 3 rings (SSSR count). The number of aromatic carboxylic acids is 3. The Morgan fingerprint density at radius 3 is 1.62 bits per heavy atom. The van der Waals surface area contributed by atoms with E-state index in [0.29, 0.717) is 22.8 Å². The molecule has 0 bridgehead atoms. The number of unbranched alkanes of at least 4 members (excludes halogenated alkanes) is 14. The fourth-order valence-corrected chi connectivity index (χ4v) is 5.99. The second-order valence-corrected chi connectivity index (χ2v) is 12.1. The third kappa shape index (κ3) is 11.1. The summed E-state index contributed by atoms with van der Waals surface area (Å²) >= 11 is 0. The summed E-state index contributed by atoms with van der Waals surface area (Å²) in [6.07, 6.45) is 18.8. The van der Waals surface area contributed by atoms with Crippen molar-refractivity contribution in [2.75, 3.05) is 5.32 Å². The summed E-state index contributed by atoms with van der Waals surface area (Å²) in [6, 6.07) is 12.0. The fourth-order valence-electron chi connectivity index (χ4n) is 5.99. The van der Waals surface area contributed by atoms with Gasteiger partial charge in [-0.2, -0.15) is 0 Å². The summed E-state index contributed by atoms with van der Waals surface area (Å²) in [5, 5.41) is 44.4. The number of anilines is 1. The van der Waals surface area contributed by atoms with Gasteiger partial charge in [0.15, 0.2) is 0 Å². The van der Waals surface area contributed by atoms with Crippen LogP contribution in [0.25, 0.3) is 10.8 Å². The van der Waals surface area contributed by atoms with Gasteiger partial charge in [0.1, 0.15) is 11.3 Å². The minimum absolute atomic E-state index is 0.159. The highest BCUT2D eigenvalue weighted by Gasteiger charge is 2.23. The number of carboxylic acid groups (broad SMARTS) is 3. The maximum Gasteiger partial charge on any atom is 0.341 e. The van der Waals surface area contributed by atoms with Crippen LogP contribution in [-0.4, -0.2) is 38.3 Å². The molecular weight excluding hydrogens is 570 g/mol. The number of carboxylic acids is 3. The van der Waals surface area contributed by atoms with Crippen molar-refractivity contribution in [3.63, 3.8) is 0 Å².